The van der Waals surface area contributed by atoms with Gasteiger partial charge in [0.2, 0.25) is 5.75 Å². The summed E-state index contributed by atoms with van der Waals surface area (Å²) in [5, 5.41) is 31.8. The monoisotopic (exact) mass is 289 g/mol. The van der Waals surface area contributed by atoms with Crippen LogP contribution in [0.4, 0.5) is 0 Å². The fraction of sp³-hybridized carbons (Fsp3) is 0.250. The van der Waals surface area contributed by atoms with Crippen LogP contribution in [0.25, 0.3) is 0 Å². The Labute approximate surface area is 123 Å². The second kappa shape index (κ2) is 6.85. The number of phenolic OH excluding ortho intramolecular Hbond substituents is 3. The summed E-state index contributed by atoms with van der Waals surface area (Å²) in [6.07, 6.45) is 0.828. The highest BCUT2D eigenvalue weighted by molar-refractivity contribution is 5.52. The second-order valence-corrected chi connectivity index (χ2v) is 4.76. The molecule has 0 aromatic heterocycles. The number of nitrogens with one attached hydrogen (secondary N) is 1. The molecule has 0 spiro atoms. The Hall–Kier alpha value is -2.40. The van der Waals surface area contributed by atoms with Crippen molar-refractivity contribution in [3.8, 4) is 23.0 Å². The zero-order valence-electron chi connectivity index (χ0n) is 11.8. The molecule has 0 saturated heterocycles. The molecule has 0 atom stereocenters. The summed E-state index contributed by atoms with van der Waals surface area (Å²) < 4.78 is 4.88. The summed E-state index contributed by atoms with van der Waals surface area (Å²) >= 11 is 0. The molecular formula is C16H19NO4. The molecule has 112 valence electrons. The van der Waals surface area contributed by atoms with Crippen molar-refractivity contribution in [3.05, 3.63) is 47.5 Å². The summed E-state index contributed by atoms with van der Waals surface area (Å²) in [4.78, 5) is 0. The van der Waals surface area contributed by atoms with Gasteiger partial charge in [0.1, 0.15) is 5.75 Å². The first-order valence-electron chi connectivity index (χ1n) is 6.67. The number of phenols is 3. The van der Waals surface area contributed by atoms with Crippen molar-refractivity contribution in [2.24, 2.45) is 0 Å². The lowest BCUT2D eigenvalue weighted by atomic mass is 10.1. The average Bonchev–Trinajstić information content (AvgIpc) is 2.45. The molecule has 0 saturated carbocycles. The van der Waals surface area contributed by atoms with Crippen LogP contribution in [0.1, 0.15) is 11.1 Å². The number of hydrogen-bond acceptors (Lipinski definition) is 5. The van der Waals surface area contributed by atoms with Crippen LogP contribution in [0.3, 0.4) is 0 Å². The zero-order chi connectivity index (χ0) is 15.2. The molecular weight excluding hydrogens is 270 g/mol. The van der Waals surface area contributed by atoms with Crippen molar-refractivity contribution in [2.75, 3.05) is 13.7 Å². The Balaban J connectivity index is 1.85. The molecule has 2 aromatic rings. The number of methoxy groups -OCH3 is 1. The van der Waals surface area contributed by atoms with Gasteiger partial charge in [0.15, 0.2) is 11.5 Å². The van der Waals surface area contributed by atoms with Gasteiger partial charge in [0.25, 0.3) is 0 Å². The lowest BCUT2D eigenvalue weighted by Gasteiger charge is -2.10. The first-order valence-corrected chi connectivity index (χ1v) is 6.67. The molecule has 2 aromatic carbocycles. The second-order valence-electron chi connectivity index (χ2n) is 4.76. The third kappa shape index (κ3) is 4.03. The largest absolute Gasteiger partial charge is 0.508 e. The van der Waals surface area contributed by atoms with E-state index in [0.29, 0.717) is 6.54 Å². The first kappa shape index (κ1) is 15.0. The normalized spacial score (nSPS) is 10.5. The van der Waals surface area contributed by atoms with E-state index in [1.807, 2.05) is 12.1 Å². The highest BCUT2D eigenvalue weighted by Gasteiger charge is 2.09. The maximum absolute atomic E-state index is 9.70. The van der Waals surface area contributed by atoms with Gasteiger partial charge in [0, 0.05) is 6.54 Å². The smallest absolute Gasteiger partial charge is 0.202 e. The average molecular weight is 289 g/mol. The lowest BCUT2D eigenvalue weighted by Crippen LogP contribution is -2.16. The van der Waals surface area contributed by atoms with Crippen LogP contribution in [0.2, 0.25) is 0 Å². The molecule has 0 amide bonds. The Kier molecular flexibility index (Phi) is 4.90. The van der Waals surface area contributed by atoms with Gasteiger partial charge in [-0.3, -0.25) is 0 Å². The Morgan fingerprint density at radius 3 is 2.14 bits per heavy atom. The Bertz CT molecular complexity index is 573. The molecule has 0 aliphatic carbocycles. The van der Waals surface area contributed by atoms with E-state index in [0.717, 1.165) is 24.1 Å². The van der Waals surface area contributed by atoms with E-state index in [-0.39, 0.29) is 23.0 Å². The SMILES string of the molecule is COc1c(O)cc(CNCCc2ccc(O)cc2)cc1O. The molecule has 0 heterocycles. The predicted molar refractivity (Wildman–Crippen MR) is 79.8 cm³/mol. The molecule has 2 rings (SSSR count). The molecule has 0 aliphatic rings. The first-order chi connectivity index (χ1) is 10.1. The number of rotatable bonds is 6. The van der Waals surface area contributed by atoms with E-state index in [4.69, 9.17) is 4.74 Å². The van der Waals surface area contributed by atoms with E-state index >= 15 is 0 Å². The molecule has 21 heavy (non-hydrogen) atoms. The van der Waals surface area contributed by atoms with Crippen molar-refractivity contribution in [1.29, 1.82) is 0 Å². The summed E-state index contributed by atoms with van der Waals surface area (Å²) in [7, 11) is 1.39. The van der Waals surface area contributed by atoms with Gasteiger partial charge in [-0.05, 0) is 48.4 Å². The maximum Gasteiger partial charge on any atom is 0.202 e. The van der Waals surface area contributed by atoms with E-state index in [9.17, 15) is 15.3 Å². The van der Waals surface area contributed by atoms with Crippen LogP contribution in [0.5, 0.6) is 23.0 Å². The summed E-state index contributed by atoms with van der Waals surface area (Å²) in [6.45, 7) is 1.28. The molecule has 0 aliphatic heterocycles. The Morgan fingerprint density at radius 2 is 1.57 bits per heavy atom. The number of ether oxygens (including phenoxy) is 1. The van der Waals surface area contributed by atoms with E-state index in [1.54, 1.807) is 24.3 Å². The van der Waals surface area contributed by atoms with Gasteiger partial charge >= 0.3 is 0 Å². The maximum atomic E-state index is 9.70. The third-order valence-corrected chi connectivity index (χ3v) is 3.17. The van der Waals surface area contributed by atoms with Crippen LogP contribution < -0.4 is 10.1 Å². The minimum Gasteiger partial charge on any atom is -0.508 e. The van der Waals surface area contributed by atoms with Crippen LogP contribution in [-0.4, -0.2) is 29.0 Å². The van der Waals surface area contributed by atoms with Crippen molar-refractivity contribution >= 4 is 0 Å². The summed E-state index contributed by atoms with van der Waals surface area (Å²) in [6, 6.07) is 10.2. The highest BCUT2D eigenvalue weighted by atomic mass is 16.5. The number of hydrogen-bond donors (Lipinski definition) is 4. The molecule has 0 bridgehead atoms. The van der Waals surface area contributed by atoms with Crippen molar-refractivity contribution in [3.63, 3.8) is 0 Å². The fourth-order valence-electron chi connectivity index (χ4n) is 2.09. The molecule has 0 radical (unpaired) electrons. The van der Waals surface area contributed by atoms with Crippen LogP contribution >= 0.6 is 0 Å². The lowest BCUT2D eigenvalue weighted by molar-refractivity contribution is 0.344. The van der Waals surface area contributed by atoms with Crippen LogP contribution in [-0.2, 0) is 13.0 Å². The van der Waals surface area contributed by atoms with E-state index < -0.39 is 0 Å². The van der Waals surface area contributed by atoms with E-state index in [1.165, 1.54) is 7.11 Å². The van der Waals surface area contributed by atoms with Gasteiger partial charge in [0.05, 0.1) is 7.11 Å². The quantitative estimate of drug-likeness (QED) is 0.613. The molecule has 4 N–H and O–H groups in total. The predicted octanol–water partition coefficient (Wildman–Crippen LogP) is 2.14. The van der Waals surface area contributed by atoms with Crippen LogP contribution in [0.15, 0.2) is 36.4 Å². The minimum atomic E-state index is -0.0761. The standard InChI is InChI=1S/C16H19NO4/c1-21-16-14(19)8-12(9-15(16)20)10-17-7-6-11-2-4-13(18)5-3-11/h2-5,8-9,17-20H,6-7,10H2,1H3. The van der Waals surface area contributed by atoms with Crippen molar-refractivity contribution in [1.82, 2.24) is 5.32 Å². The number of aromatic hydroxyl groups is 3. The van der Waals surface area contributed by atoms with Gasteiger partial charge in [-0.15, -0.1) is 0 Å². The minimum absolute atomic E-state index is 0.0761. The van der Waals surface area contributed by atoms with E-state index in [2.05, 4.69) is 5.32 Å². The summed E-state index contributed by atoms with van der Waals surface area (Å²) in [5.41, 5.74) is 1.90. The highest BCUT2D eigenvalue weighted by Crippen LogP contribution is 2.36. The van der Waals surface area contributed by atoms with Crippen molar-refractivity contribution < 1.29 is 20.1 Å². The van der Waals surface area contributed by atoms with Gasteiger partial charge in [-0.25, -0.2) is 0 Å². The molecule has 5 heteroatoms. The number of benzene rings is 2. The molecule has 0 fully saturated rings. The van der Waals surface area contributed by atoms with Gasteiger partial charge < -0.3 is 25.4 Å². The summed E-state index contributed by atoms with van der Waals surface area (Å²) in [5.74, 6) is 0.194. The van der Waals surface area contributed by atoms with Gasteiger partial charge in [-0.1, -0.05) is 12.1 Å². The fourth-order valence-corrected chi connectivity index (χ4v) is 2.09. The zero-order valence-corrected chi connectivity index (χ0v) is 11.8. The van der Waals surface area contributed by atoms with Crippen molar-refractivity contribution in [2.45, 2.75) is 13.0 Å². The molecule has 0 unspecified atom stereocenters. The molecule has 5 nitrogen and oxygen atoms in total. The third-order valence-electron chi connectivity index (χ3n) is 3.17. The van der Waals surface area contributed by atoms with Gasteiger partial charge in [-0.2, -0.15) is 0 Å². The topological polar surface area (TPSA) is 82.0 Å². The van der Waals surface area contributed by atoms with Crippen LogP contribution in [0, 0.1) is 0 Å². The Morgan fingerprint density at radius 1 is 0.952 bits per heavy atom.